The Bertz CT molecular complexity index is 565. The van der Waals surface area contributed by atoms with E-state index in [1.807, 2.05) is 50.4 Å². The van der Waals surface area contributed by atoms with E-state index in [9.17, 15) is 4.79 Å². The minimum atomic E-state index is -0.428. The summed E-state index contributed by atoms with van der Waals surface area (Å²) in [4.78, 5) is 14.0. The average molecular weight is 396 g/mol. The molecule has 0 radical (unpaired) electrons. The molecule has 0 aliphatic carbocycles. The molecular formula is C21H35N2O3S+. The highest BCUT2D eigenvalue weighted by atomic mass is 32.2. The van der Waals surface area contributed by atoms with E-state index in [1.54, 1.807) is 12.0 Å². The molecule has 1 heterocycles. The summed E-state index contributed by atoms with van der Waals surface area (Å²) in [5.41, 5.74) is 1.01. The van der Waals surface area contributed by atoms with Crippen molar-refractivity contribution < 1.29 is 13.7 Å². The molecule has 0 spiro atoms. The SMILES string of the molecule is CC.CO[S+](/N=C/C1CCN(C(=O)OCc2ccccc2)CC1)C(C)(C)C. The van der Waals surface area contributed by atoms with E-state index in [1.165, 1.54) is 0 Å². The molecule has 0 bridgehead atoms. The number of likely N-dealkylation sites (tertiary alicyclic amines) is 1. The number of amides is 1. The van der Waals surface area contributed by atoms with Crippen molar-refractivity contribution in [1.82, 2.24) is 4.90 Å². The first-order chi connectivity index (χ1) is 12.9. The van der Waals surface area contributed by atoms with Gasteiger partial charge < -0.3 is 9.64 Å². The number of hydrogen-bond acceptors (Lipinski definition) is 4. The number of benzene rings is 1. The lowest BCUT2D eigenvalue weighted by Gasteiger charge is -2.29. The molecule has 1 saturated heterocycles. The van der Waals surface area contributed by atoms with Crippen molar-refractivity contribution in [2.45, 2.75) is 58.8 Å². The van der Waals surface area contributed by atoms with Crippen LogP contribution in [0.2, 0.25) is 0 Å². The summed E-state index contributed by atoms with van der Waals surface area (Å²) in [6, 6.07) is 9.75. The molecular weight excluding hydrogens is 360 g/mol. The molecule has 1 atom stereocenters. The Morgan fingerprint density at radius 1 is 1.22 bits per heavy atom. The van der Waals surface area contributed by atoms with E-state index in [0.717, 1.165) is 18.4 Å². The third kappa shape index (κ3) is 8.35. The minimum absolute atomic E-state index is 0.00714. The van der Waals surface area contributed by atoms with Crippen LogP contribution in [0.4, 0.5) is 4.79 Å². The number of nitrogens with zero attached hydrogens (tertiary/aromatic N) is 2. The molecule has 152 valence electrons. The smallest absolute Gasteiger partial charge is 0.410 e. The van der Waals surface area contributed by atoms with Gasteiger partial charge in [0, 0.05) is 19.0 Å². The van der Waals surface area contributed by atoms with Gasteiger partial charge in [0.15, 0.2) is 4.75 Å². The van der Waals surface area contributed by atoms with Crippen LogP contribution in [0.25, 0.3) is 0 Å². The van der Waals surface area contributed by atoms with Crippen LogP contribution in [0.15, 0.2) is 34.7 Å². The summed E-state index contributed by atoms with van der Waals surface area (Å²) < 4.78 is 15.5. The minimum Gasteiger partial charge on any atom is -0.445 e. The molecule has 5 nitrogen and oxygen atoms in total. The maximum atomic E-state index is 12.2. The zero-order valence-electron chi connectivity index (χ0n) is 17.6. The fourth-order valence-electron chi connectivity index (χ4n) is 2.63. The number of ether oxygens (including phenoxy) is 1. The number of carbonyl (C=O) groups is 1. The van der Waals surface area contributed by atoms with Crippen molar-refractivity contribution in [2.75, 3.05) is 20.2 Å². The first-order valence-electron chi connectivity index (χ1n) is 9.69. The van der Waals surface area contributed by atoms with Crippen LogP contribution in [-0.4, -0.2) is 42.2 Å². The summed E-state index contributed by atoms with van der Waals surface area (Å²) in [5, 5.41) is 0. The first-order valence-corrected chi connectivity index (χ1v) is 10.8. The van der Waals surface area contributed by atoms with Gasteiger partial charge in [-0.15, -0.1) is 4.18 Å². The van der Waals surface area contributed by atoms with Gasteiger partial charge in [-0.3, -0.25) is 0 Å². The van der Waals surface area contributed by atoms with Crippen LogP contribution in [0, 0.1) is 5.92 Å². The van der Waals surface area contributed by atoms with Crippen molar-refractivity contribution >= 4 is 23.7 Å². The molecule has 1 aromatic rings. The zero-order chi connectivity index (χ0) is 20.3. The van der Waals surface area contributed by atoms with E-state index >= 15 is 0 Å². The monoisotopic (exact) mass is 395 g/mol. The van der Waals surface area contributed by atoms with Crippen LogP contribution < -0.4 is 0 Å². The third-order valence-corrected chi connectivity index (χ3v) is 5.73. The van der Waals surface area contributed by atoms with Crippen molar-refractivity contribution in [3.63, 3.8) is 0 Å². The quantitative estimate of drug-likeness (QED) is 0.519. The van der Waals surface area contributed by atoms with Gasteiger partial charge in [0.25, 0.3) is 11.4 Å². The third-order valence-electron chi connectivity index (χ3n) is 4.05. The van der Waals surface area contributed by atoms with Crippen LogP contribution in [0.5, 0.6) is 0 Å². The van der Waals surface area contributed by atoms with Crippen LogP contribution in [0.1, 0.15) is 53.0 Å². The van der Waals surface area contributed by atoms with Crippen molar-refractivity contribution in [3.05, 3.63) is 35.9 Å². The van der Waals surface area contributed by atoms with Crippen LogP contribution in [0.3, 0.4) is 0 Å². The lowest BCUT2D eigenvalue weighted by molar-refractivity contribution is 0.0867. The van der Waals surface area contributed by atoms with E-state index < -0.39 is 11.4 Å². The van der Waals surface area contributed by atoms with Gasteiger partial charge in [-0.25, -0.2) is 4.79 Å². The summed E-state index contributed by atoms with van der Waals surface area (Å²) in [5.74, 6) is 0.394. The van der Waals surface area contributed by atoms with Crippen molar-refractivity contribution in [3.8, 4) is 0 Å². The molecule has 1 fully saturated rings. The van der Waals surface area contributed by atoms with Gasteiger partial charge in [-0.05, 0) is 43.6 Å². The lowest BCUT2D eigenvalue weighted by atomic mass is 9.99. The average Bonchev–Trinajstić information content (AvgIpc) is 2.68. The molecule has 0 N–H and O–H groups in total. The fourth-order valence-corrected chi connectivity index (χ4v) is 3.82. The van der Waals surface area contributed by atoms with Gasteiger partial charge in [0.2, 0.25) is 0 Å². The standard InChI is InChI=1S/C19H29N2O3S.C2H6/c1-19(2,3)25(23-4)20-14-16-10-12-21(13-11-16)18(22)24-15-17-8-6-5-7-9-17;1-2/h5-9,14,16H,10-13,15H2,1-4H3;1-2H3/q+1;/b20-14+;. The predicted molar refractivity (Wildman–Crippen MR) is 115 cm³/mol. The van der Waals surface area contributed by atoms with E-state index in [4.69, 9.17) is 8.92 Å². The fraction of sp³-hybridized carbons (Fsp3) is 0.619. The summed E-state index contributed by atoms with van der Waals surface area (Å²) in [7, 11) is 1.71. The van der Waals surface area contributed by atoms with Gasteiger partial charge >= 0.3 is 6.09 Å². The Balaban J connectivity index is 0.00000176. The Morgan fingerprint density at radius 2 is 1.81 bits per heavy atom. The second-order valence-corrected chi connectivity index (χ2v) is 9.41. The first kappa shape index (κ1) is 23.5. The summed E-state index contributed by atoms with van der Waals surface area (Å²) >= 11 is -0.428. The number of hydrogen-bond donors (Lipinski definition) is 0. The topological polar surface area (TPSA) is 51.1 Å². The molecule has 0 saturated carbocycles. The molecule has 27 heavy (non-hydrogen) atoms. The van der Waals surface area contributed by atoms with Crippen LogP contribution >= 0.6 is 0 Å². The normalized spacial score (nSPS) is 16.6. The maximum Gasteiger partial charge on any atom is 0.410 e. The highest BCUT2D eigenvalue weighted by Gasteiger charge is 2.37. The number of piperidine rings is 1. The second-order valence-electron chi connectivity index (χ2n) is 7.15. The van der Waals surface area contributed by atoms with E-state index in [2.05, 4.69) is 25.2 Å². The highest BCUT2D eigenvalue weighted by molar-refractivity contribution is 7.92. The molecule has 6 heteroatoms. The maximum absolute atomic E-state index is 12.2. The second kappa shape index (κ2) is 12.0. The summed E-state index contributed by atoms with van der Waals surface area (Å²) in [6.07, 6.45) is 3.61. The van der Waals surface area contributed by atoms with Gasteiger partial charge in [0.05, 0.1) is 13.3 Å². The molecule has 1 aliphatic rings. The Kier molecular flexibility index (Phi) is 10.5. The number of rotatable bonds is 5. The van der Waals surface area contributed by atoms with Crippen molar-refractivity contribution in [1.29, 1.82) is 0 Å². The Labute approximate surface area is 167 Å². The van der Waals surface area contributed by atoms with E-state index in [0.29, 0.717) is 25.6 Å². The van der Waals surface area contributed by atoms with Crippen molar-refractivity contribution in [2.24, 2.45) is 10.3 Å². The molecule has 1 aromatic carbocycles. The Morgan fingerprint density at radius 3 is 2.33 bits per heavy atom. The molecule has 2 rings (SSSR count). The van der Waals surface area contributed by atoms with Gasteiger partial charge in [0.1, 0.15) is 6.61 Å². The summed E-state index contributed by atoms with van der Waals surface area (Å²) in [6.45, 7) is 12.1. The Hall–Kier alpha value is -1.53. The molecule has 0 aromatic heterocycles. The van der Waals surface area contributed by atoms with Gasteiger partial charge in [-0.1, -0.05) is 44.2 Å². The molecule has 1 aliphatic heterocycles. The molecule has 1 unspecified atom stereocenters. The number of carbonyl (C=O) groups excluding carboxylic acids is 1. The van der Waals surface area contributed by atoms with Gasteiger partial charge in [-0.2, -0.15) is 0 Å². The highest BCUT2D eigenvalue weighted by Crippen LogP contribution is 2.22. The largest absolute Gasteiger partial charge is 0.445 e. The molecule has 1 amide bonds. The lowest BCUT2D eigenvalue weighted by Crippen LogP contribution is -2.39. The van der Waals surface area contributed by atoms with E-state index in [-0.39, 0.29) is 10.8 Å². The predicted octanol–water partition coefficient (Wildman–Crippen LogP) is 5.03. The zero-order valence-corrected chi connectivity index (χ0v) is 18.4. The van der Waals surface area contributed by atoms with Crippen LogP contribution in [-0.2, 0) is 26.9 Å².